The van der Waals surface area contributed by atoms with Gasteiger partial charge in [0, 0.05) is 118 Å². The SMILES string of the molecule is CC(C)c1c(N(C)C)cccc1C(F)(F)F.CC(C)c1cc(C(F)(F)F)ccc1N(C)C.CC(C)c1cc(Cl)ccc1N(C)C.CC(C)c1ccc(C(F)(F)F)c(N(C)C)c1.CC(C)c1ccc(C(F)(F)F)cc1N(C)C.CC(C)c1cccc(C(F)(F)F)c1N(C)C. The van der Waals surface area contributed by atoms with Crippen LogP contribution in [-0.4, -0.2) is 84.6 Å². The highest BCUT2D eigenvalue weighted by molar-refractivity contribution is 6.30. The van der Waals surface area contributed by atoms with Crippen LogP contribution in [0.1, 0.15) is 180 Å². The fourth-order valence-corrected chi connectivity index (χ4v) is 9.84. The zero-order valence-electron chi connectivity index (χ0n) is 58.1. The van der Waals surface area contributed by atoms with Gasteiger partial charge in [-0.2, -0.15) is 65.9 Å². The van der Waals surface area contributed by atoms with E-state index in [-0.39, 0.29) is 41.0 Å². The summed E-state index contributed by atoms with van der Waals surface area (Å²) in [5.74, 6) is 0.923. The quantitative estimate of drug-likeness (QED) is 0.113. The smallest absolute Gasteiger partial charge is 0.377 e. The molecule has 22 heteroatoms. The molecule has 0 aliphatic heterocycles. The fourth-order valence-electron chi connectivity index (χ4n) is 9.66. The Balaban J connectivity index is 0.000000559. The van der Waals surface area contributed by atoms with Gasteiger partial charge < -0.3 is 29.4 Å². The van der Waals surface area contributed by atoms with Crippen LogP contribution in [0.5, 0.6) is 0 Å². The molecule has 0 aliphatic carbocycles. The molecule has 0 spiro atoms. The predicted molar refractivity (Wildman–Crippen MR) is 359 cm³/mol. The molecule has 0 radical (unpaired) electrons. The van der Waals surface area contributed by atoms with Gasteiger partial charge in [-0.1, -0.05) is 125 Å². The summed E-state index contributed by atoms with van der Waals surface area (Å²) in [4.78, 5) is 10.4. The van der Waals surface area contributed by atoms with Gasteiger partial charge in [-0.05, 0) is 148 Å². The van der Waals surface area contributed by atoms with Gasteiger partial charge in [0.25, 0.3) is 0 Å². The number of nitrogens with zero attached hydrogens (tertiary/aromatic N) is 6. The van der Waals surface area contributed by atoms with E-state index in [1.165, 1.54) is 51.4 Å². The largest absolute Gasteiger partial charge is 0.418 e. The average Bonchev–Trinajstić information content (AvgIpc) is 0.837. The van der Waals surface area contributed by atoms with Crippen LogP contribution in [0.4, 0.5) is 100.0 Å². The summed E-state index contributed by atoms with van der Waals surface area (Å²) in [6.07, 6.45) is -21.4. The van der Waals surface area contributed by atoms with E-state index in [2.05, 4.69) is 38.9 Å². The van der Waals surface area contributed by atoms with Gasteiger partial charge in [-0.15, -0.1) is 0 Å². The Kier molecular flexibility index (Phi) is 31.9. The lowest BCUT2D eigenvalue weighted by molar-refractivity contribution is -0.139. The van der Waals surface area contributed by atoms with Crippen molar-refractivity contribution in [1.29, 1.82) is 0 Å². The second-order valence-corrected chi connectivity index (χ2v) is 25.7. The van der Waals surface area contributed by atoms with Gasteiger partial charge in [0.15, 0.2) is 0 Å². The number of anilines is 6. The van der Waals surface area contributed by atoms with E-state index >= 15 is 0 Å². The van der Waals surface area contributed by atoms with Crippen molar-refractivity contribution in [2.24, 2.45) is 0 Å². The van der Waals surface area contributed by atoms with E-state index in [1.54, 1.807) is 110 Å². The van der Waals surface area contributed by atoms with Crippen LogP contribution in [0.3, 0.4) is 0 Å². The Labute approximate surface area is 548 Å². The molecule has 0 saturated carbocycles. The molecule has 0 aromatic heterocycles. The van der Waals surface area contributed by atoms with Gasteiger partial charge in [-0.3, -0.25) is 0 Å². The van der Waals surface area contributed by atoms with Crippen molar-refractivity contribution >= 4 is 45.7 Å². The average molecular weight is 1350 g/mol. The molecule has 6 aromatic rings. The normalized spacial score (nSPS) is 11.8. The van der Waals surface area contributed by atoms with Crippen molar-refractivity contribution in [2.75, 3.05) is 114 Å². The molecule has 522 valence electrons. The molecule has 0 unspecified atom stereocenters. The summed E-state index contributed by atoms with van der Waals surface area (Å²) >= 11 is 5.95. The first-order valence-corrected chi connectivity index (χ1v) is 30.5. The number of hydrogen-bond acceptors (Lipinski definition) is 6. The summed E-state index contributed by atoms with van der Waals surface area (Å²) in [5.41, 5.74) is 5.93. The van der Waals surface area contributed by atoms with Crippen LogP contribution in [0, 0.1) is 0 Å². The molecular formula is C71H96ClF15N6. The van der Waals surface area contributed by atoms with Crippen molar-refractivity contribution in [3.8, 4) is 0 Å². The number of rotatable bonds is 12. The molecule has 0 saturated heterocycles. The van der Waals surface area contributed by atoms with Crippen LogP contribution < -0.4 is 29.4 Å². The van der Waals surface area contributed by atoms with Crippen molar-refractivity contribution in [3.63, 3.8) is 0 Å². The Hall–Kier alpha value is -6.64. The lowest BCUT2D eigenvalue weighted by Gasteiger charge is -2.24. The number of halogens is 16. The highest BCUT2D eigenvalue weighted by Gasteiger charge is 2.38. The van der Waals surface area contributed by atoms with Gasteiger partial charge in [-0.25, -0.2) is 0 Å². The lowest BCUT2D eigenvalue weighted by atomic mass is 9.94. The standard InChI is InChI=1S/5C12H16F3N.C11H16ClN/c1-8(2)10-7-9(12(13,14)15)5-6-11(10)16(3)4;1-8(2)10-6-5-9(12(13,14)15)7-11(10)16(3)4;1-8(2)9-5-6-10(12(13,14)15)11(7-9)16(3)4;1-8(2)11-9(12(13,14)15)6-5-7-10(11)16(3)4;1-8(2)9-6-5-7-10(12(13,14)15)11(9)16(3)4;1-8(2)10-7-9(12)5-6-11(10)13(3)4/h5*5-8H,1-4H3;5-8H,1-4H3. The molecular weight excluding hydrogens is 1260 g/mol. The molecule has 6 nitrogen and oxygen atoms in total. The highest BCUT2D eigenvalue weighted by Crippen LogP contribution is 2.43. The highest BCUT2D eigenvalue weighted by atomic mass is 35.5. The first-order chi connectivity index (χ1) is 42.2. The summed E-state index contributed by atoms with van der Waals surface area (Å²) < 4.78 is 190. The third-order valence-corrected chi connectivity index (χ3v) is 14.6. The van der Waals surface area contributed by atoms with Crippen LogP contribution in [0.2, 0.25) is 5.02 Å². The fraction of sp³-hybridized carbons (Fsp3) is 0.493. The van der Waals surface area contributed by atoms with Crippen LogP contribution in [0.25, 0.3) is 0 Å². The maximum absolute atomic E-state index is 12.8. The van der Waals surface area contributed by atoms with E-state index in [4.69, 9.17) is 11.6 Å². The number of benzene rings is 6. The van der Waals surface area contributed by atoms with Crippen LogP contribution in [-0.2, 0) is 30.9 Å². The predicted octanol–water partition coefficient (Wildman–Crippen LogP) is 23.0. The minimum Gasteiger partial charge on any atom is -0.377 e. The third-order valence-electron chi connectivity index (χ3n) is 14.4. The maximum Gasteiger partial charge on any atom is 0.418 e. The molecule has 93 heavy (non-hydrogen) atoms. The molecule has 0 N–H and O–H groups in total. The van der Waals surface area contributed by atoms with E-state index in [0.29, 0.717) is 22.9 Å². The lowest BCUT2D eigenvalue weighted by Crippen LogP contribution is -2.19. The summed E-state index contributed by atoms with van der Waals surface area (Å²) in [6.45, 7) is 23.3. The minimum atomic E-state index is -4.30. The first kappa shape index (κ1) is 84.4. The number of hydrogen-bond donors (Lipinski definition) is 0. The van der Waals surface area contributed by atoms with E-state index < -0.39 is 58.7 Å². The van der Waals surface area contributed by atoms with Crippen LogP contribution in [0.15, 0.2) is 109 Å². The van der Waals surface area contributed by atoms with Crippen molar-refractivity contribution in [3.05, 3.63) is 175 Å². The molecule has 6 rings (SSSR count). The first-order valence-electron chi connectivity index (χ1n) is 30.1. The molecule has 6 aromatic carbocycles. The summed E-state index contributed by atoms with van der Waals surface area (Å²) in [7, 11) is 21.3. The molecule has 0 amide bonds. The zero-order valence-corrected chi connectivity index (χ0v) is 58.8. The van der Waals surface area contributed by atoms with Crippen molar-refractivity contribution in [2.45, 2.75) is 149 Å². The molecule has 0 bridgehead atoms. The second kappa shape index (κ2) is 35.2. The third kappa shape index (κ3) is 25.9. The monoisotopic (exact) mass is 1350 g/mol. The second-order valence-electron chi connectivity index (χ2n) is 25.3. The Bertz CT molecular complexity index is 3080. The topological polar surface area (TPSA) is 19.4 Å². The van der Waals surface area contributed by atoms with Crippen LogP contribution >= 0.6 is 11.6 Å². The summed E-state index contributed by atoms with van der Waals surface area (Å²) in [6, 6.07) is 26.8. The minimum absolute atomic E-state index is 0.0692. The Morgan fingerprint density at radius 1 is 0.280 bits per heavy atom. The molecule has 0 atom stereocenters. The van der Waals surface area contributed by atoms with E-state index in [1.807, 2.05) is 86.5 Å². The molecule has 0 heterocycles. The number of para-hydroxylation sites is 1. The number of alkyl halides is 15. The van der Waals surface area contributed by atoms with Gasteiger partial charge >= 0.3 is 30.9 Å². The van der Waals surface area contributed by atoms with Gasteiger partial charge in [0.2, 0.25) is 0 Å². The Morgan fingerprint density at radius 3 is 1.04 bits per heavy atom. The van der Waals surface area contributed by atoms with Crippen molar-refractivity contribution < 1.29 is 65.9 Å². The summed E-state index contributed by atoms with van der Waals surface area (Å²) in [5, 5.41) is 0.814. The molecule has 0 aliphatic rings. The van der Waals surface area contributed by atoms with Gasteiger partial charge in [0.05, 0.1) is 33.5 Å². The molecule has 0 fully saturated rings. The van der Waals surface area contributed by atoms with E-state index in [0.717, 1.165) is 63.3 Å². The van der Waals surface area contributed by atoms with Crippen molar-refractivity contribution in [1.82, 2.24) is 0 Å². The van der Waals surface area contributed by atoms with Gasteiger partial charge in [0.1, 0.15) is 0 Å². The maximum atomic E-state index is 12.8. The zero-order chi connectivity index (χ0) is 72.5. The van der Waals surface area contributed by atoms with E-state index in [9.17, 15) is 65.9 Å². The Morgan fingerprint density at radius 2 is 0.667 bits per heavy atom.